The lowest BCUT2D eigenvalue weighted by Gasteiger charge is -2.40. The van der Waals surface area contributed by atoms with Gasteiger partial charge in [-0.15, -0.1) is 0 Å². The van der Waals surface area contributed by atoms with Crippen molar-refractivity contribution in [1.82, 2.24) is 5.32 Å². The van der Waals surface area contributed by atoms with Gasteiger partial charge < -0.3 is 40.0 Å². The fourth-order valence-corrected chi connectivity index (χ4v) is 3.30. The number of aliphatic hydroxyl groups is 4. The fourth-order valence-electron chi connectivity index (χ4n) is 3.30. The van der Waals surface area contributed by atoms with E-state index in [-0.39, 0.29) is 5.91 Å². The third kappa shape index (κ3) is 4.40. The molecule has 2 aromatic carbocycles. The Morgan fingerprint density at radius 1 is 1.07 bits per heavy atom. The normalized spacial score (nSPS) is 26.1. The number of amides is 1. The standard InChI is InChI=1S/C21H25NO8/c1-22-21(27)12-4-3-5-13(8-12)29-15-9-11(6-7-14(15)28-2)20-19(26)18(25)17(24)16(10-23)30-20/h3-9,16-20,23-26H,10H2,1-2H3,(H,22,27)/t16-,17-,18+,19+,20-/m1/s1. The second-order valence-corrected chi connectivity index (χ2v) is 6.87. The van der Waals surface area contributed by atoms with Gasteiger partial charge >= 0.3 is 0 Å². The van der Waals surface area contributed by atoms with Crippen molar-refractivity contribution in [2.75, 3.05) is 20.8 Å². The molecule has 2 aromatic rings. The molecular formula is C21H25NO8. The minimum absolute atomic E-state index is 0.262. The zero-order chi connectivity index (χ0) is 21.8. The second-order valence-electron chi connectivity index (χ2n) is 6.87. The highest BCUT2D eigenvalue weighted by Gasteiger charge is 2.44. The van der Waals surface area contributed by atoms with Crippen LogP contribution in [-0.4, -0.2) is 71.5 Å². The first-order valence-corrected chi connectivity index (χ1v) is 9.38. The molecule has 9 nitrogen and oxygen atoms in total. The number of carbonyl (C=O) groups excluding carboxylic acids is 1. The molecule has 1 heterocycles. The fraction of sp³-hybridized carbons (Fsp3) is 0.381. The Hall–Kier alpha value is -2.69. The average Bonchev–Trinajstić information content (AvgIpc) is 2.77. The molecule has 1 aliphatic heterocycles. The maximum atomic E-state index is 11.9. The van der Waals surface area contributed by atoms with E-state index >= 15 is 0 Å². The molecule has 0 saturated carbocycles. The Morgan fingerprint density at radius 2 is 1.83 bits per heavy atom. The first-order chi connectivity index (χ1) is 14.4. The van der Waals surface area contributed by atoms with Crippen LogP contribution < -0.4 is 14.8 Å². The molecule has 0 spiro atoms. The van der Waals surface area contributed by atoms with E-state index in [0.29, 0.717) is 28.4 Å². The summed E-state index contributed by atoms with van der Waals surface area (Å²) in [7, 11) is 3.00. The first-order valence-electron chi connectivity index (χ1n) is 9.38. The molecular weight excluding hydrogens is 394 g/mol. The highest BCUT2D eigenvalue weighted by atomic mass is 16.5. The topological polar surface area (TPSA) is 138 Å². The lowest BCUT2D eigenvalue weighted by atomic mass is 9.91. The number of rotatable bonds is 6. The van der Waals surface area contributed by atoms with Crippen LogP contribution in [-0.2, 0) is 4.74 Å². The van der Waals surface area contributed by atoms with Crippen LogP contribution in [0.15, 0.2) is 42.5 Å². The summed E-state index contributed by atoms with van der Waals surface area (Å²) >= 11 is 0. The Balaban J connectivity index is 1.92. The molecule has 1 saturated heterocycles. The summed E-state index contributed by atoms with van der Waals surface area (Å²) in [5.74, 6) is 0.817. The zero-order valence-electron chi connectivity index (χ0n) is 16.6. The van der Waals surface area contributed by atoms with Gasteiger partial charge in [-0.3, -0.25) is 4.79 Å². The summed E-state index contributed by atoms with van der Waals surface area (Å²) in [5, 5.41) is 42.3. The van der Waals surface area contributed by atoms with Gasteiger partial charge in [0, 0.05) is 12.6 Å². The Morgan fingerprint density at radius 3 is 2.50 bits per heavy atom. The summed E-state index contributed by atoms with van der Waals surface area (Å²) in [4.78, 5) is 11.9. The third-order valence-corrected chi connectivity index (χ3v) is 4.96. The molecule has 1 amide bonds. The van der Waals surface area contributed by atoms with Gasteiger partial charge in [-0.2, -0.15) is 0 Å². The Bertz CT molecular complexity index is 887. The number of carbonyl (C=O) groups is 1. The van der Waals surface area contributed by atoms with Gasteiger partial charge in [0.15, 0.2) is 11.5 Å². The number of hydrogen-bond acceptors (Lipinski definition) is 8. The first kappa shape index (κ1) is 22.0. The van der Waals surface area contributed by atoms with Crippen molar-refractivity contribution in [2.45, 2.75) is 30.5 Å². The molecule has 0 unspecified atom stereocenters. The summed E-state index contributed by atoms with van der Waals surface area (Å²) in [6.07, 6.45) is -6.38. The summed E-state index contributed by atoms with van der Waals surface area (Å²) in [6.45, 7) is -0.521. The van der Waals surface area contributed by atoms with Crippen LogP contribution in [0.3, 0.4) is 0 Å². The van der Waals surface area contributed by atoms with Crippen LogP contribution >= 0.6 is 0 Å². The lowest BCUT2D eigenvalue weighted by Crippen LogP contribution is -2.55. The van der Waals surface area contributed by atoms with E-state index in [1.807, 2.05) is 0 Å². The highest BCUT2D eigenvalue weighted by molar-refractivity contribution is 5.94. The average molecular weight is 419 g/mol. The van der Waals surface area contributed by atoms with E-state index in [0.717, 1.165) is 0 Å². The van der Waals surface area contributed by atoms with Crippen molar-refractivity contribution < 1.29 is 39.4 Å². The lowest BCUT2D eigenvalue weighted by molar-refractivity contribution is -0.231. The van der Waals surface area contributed by atoms with E-state index in [2.05, 4.69) is 5.32 Å². The van der Waals surface area contributed by atoms with Crippen LogP contribution in [0.4, 0.5) is 0 Å². The number of aliphatic hydroxyl groups excluding tert-OH is 4. The minimum Gasteiger partial charge on any atom is -0.493 e. The van der Waals surface area contributed by atoms with Gasteiger partial charge in [0.05, 0.1) is 13.7 Å². The predicted molar refractivity (Wildman–Crippen MR) is 106 cm³/mol. The molecule has 162 valence electrons. The zero-order valence-corrected chi connectivity index (χ0v) is 16.6. The molecule has 0 bridgehead atoms. The van der Waals surface area contributed by atoms with Crippen molar-refractivity contribution in [1.29, 1.82) is 0 Å². The van der Waals surface area contributed by atoms with Crippen LogP contribution in [0.2, 0.25) is 0 Å². The van der Waals surface area contributed by atoms with Gasteiger partial charge in [0.1, 0.15) is 36.3 Å². The summed E-state index contributed by atoms with van der Waals surface area (Å²) in [6, 6.07) is 11.4. The van der Waals surface area contributed by atoms with Gasteiger partial charge in [0.25, 0.3) is 5.91 Å². The van der Waals surface area contributed by atoms with Crippen molar-refractivity contribution in [3.8, 4) is 17.2 Å². The summed E-state index contributed by atoms with van der Waals surface area (Å²) in [5.41, 5.74) is 0.865. The minimum atomic E-state index is -1.49. The molecule has 5 N–H and O–H groups in total. The van der Waals surface area contributed by atoms with Crippen LogP contribution in [0.25, 0.3) is 0 Å². The van der Waals surface area contributed by atoms with Crippen LogP contribution in [0.5, 0.6) is 17.2 Å². The van der Waals surface area contributed by atoms with Gasteiger partial charge in [-0.1, -0.05) is 12.1 Å². The highest BCUT2D eigenvalue weighted by Crippen LogP contribution is 2.38. The Labute approximate surface area is 173 Å². The third-order valence-electron chi connectivity index (χ3n) is 4.96. The van der Waals surface area contributed by atoms with E-state index in [4.69, 9.17) is 14.2 Å². The molecule has 5 atom stereocenters. The van der Waals surface area contributed by atoms with Gasteiger partial charge in [-0.25, -0.2) is 0 Å². The van der Waals surface area contributed by atoms with Gasteiger partial charge in [0.2, 0.25) is 0 Å². The van der Waals surface area contributed by atoms with E-state index in [9.17, 15) is 25.2 Å². The van der Waals surface area contributed by atoms with Gasteiger partial charge in [-0.05, 0) is 35.9 Å². The number of benzene rings is 2. The number of nitrogens with one attached hydrogen (secondary N) is 1. The van der Waals surface area contributed by atoms with E-state index in [1.165, 1.54) is 14.2 Å². The SMILES string of the molecule is CNC(=O)c1cccc(Oc2cc([C@H]3O[C@H](CO)[C@@H](O)[C@H](O)[C@@H]3O)ccc2OC)c1. The van der Waals surface area contributed by atoms with Crippen molar-refractivity contribution >= 4 is 5.91 Å². The quantitative estimate of drug-likeness (QED) is 0.453. The maximum Gasteiger partial charge on any atom is 0.251 e. The van der Waals surface area contributed by atoms with Crippen molar-refractivity contribution in [2.24, 2.45) is 0 Å². The summed E-state index contributed by atoms with van der Waals surface area (Å²) < 4.78 is 16.8. The molecule has 30 heavy (non-hydrogen) atoms. The van der Waals surface area contributed by atoms with E-state index in [1.54, 1.807) is 42.5 Å². The molecule has 3 rings (SSSR count). The second kappa shape index (κ2) is 9.41. The smallest absolute Gasteiger partial charge is 0.251 e. The number of methoxy groups -OCH3 is 1. The maximum absolute atomic E-state index is 11.9. The molecule has 1 aliphatic rings. The van der Waals surface area contributed by atoms with E-state index < -0.39 is 37.1 Å². The van der Waals surface area contributed by atoms with Crippen LogP contribution in [0, 0.1) is 0 Å². The van der Waals surface area contributed by atoms with Crippen LogP contribution in [0.1, 0.15) is 22.0 Å². The van der Waals surface area contributed by atoms with Crippen molar-refractivity contribution in [3.05, 3.63) is 53.6 Å². The Kier molecular flexibility index (Phi) is 6.91. The molecule has 0 aliphatic carbocycles. The largest absolute Gasteiger partial charge is 0.493 e. The number of hydrogen-bond donors (Lipinski definition) is 5. The number of ether oxygens (including phenoxy) is 3. The molecule has 9 heteroatoms. The molecule has 0 radical (unpaired) electrons. The van der Waals surface area contributed by atoms with Crippen molar-refractivity contribution in [3.63, 3.8) is 0 Å². The predicted octanol–water partition coefficient (Wildman–Crippen LogP) is 0.362. The molecule has 1 fully saturated rings. The monoisotopic (exact) mass is 419 g/mol. The molecule has 0 aromatic heterocycles.